The number of carboxylic acids is 1. The molecular formula is C9H11N3O6S. The van der Waals surface area contributed by atoms with Gasteiger partial charge in [-0.15, -0.1) is 0 Å². The molecule has 1 atom stereocenters. The summed E-state index contributed by atoms with van der Waals surface area (Å²) in [4.78, 5) is 26.1. The molecule has 19 heavy (non-hydrogen) atoms. The molecule has 1 amide bonds. The van der Waals surface area contributed by atoms with Crippen LogP contribution >= 0.6 is 0 Å². The van der Waals surface area contributed by atoms with E-state index in [-0.39, 0.29) is 11.4 Å². The number of hydrogen-bond donors (Lipinski definition) is 4. The number of anilines is 1. The molecule has 1 aromatic heterocycles. The second kappa shape index (κ2) is 5.63. The number of carboxylic acid groups (broad SMARTS) is 1. The standard InChI is InChI=1S/C9H11N3O6S/c10-5-2-1-3-11-7(5)8(13)12-6(9(14)15)4-19(16,17)18/h1-3,6H,4,10H2,(H,12,13)(H,14,15)(H,16,17,18). The maximum absolute atomic E-state index is 11.7. The molecule has 1 aromatic rings. The first-order valence-electron chi connectivity index (χ1n) is 4.90. The van der Waals surface area contributed by atoms with E-state index in [4.69, 9.17) is 15.4 Å². The Morgan fingerprint density at radius 1 is 1.47 bits per heavy atom. The number of nitrogens with zero attached hydrogens (tertiary/aromatic N) is 1. The number of nitrogen functional groups attached to an aromatic ring is 1. The summed E-state index contributed by atoms with van der Waals surface area (Å²) >= 11 is 0. The second-order valence-electron chi connectivity index (χ2n) is 3.55. The zero-order valence-corrected chi connectivity index (χ0v) is 10.3. The van der Waals surface area contributed by atoms with Gasteiger partial charge in [0.2, 0.25) is 0 Å². The Morgan fingerprint density at radius 2 is 2.11 bits per heavy atom. The zero-order chi connectivity index (χ0) is 14.6. The van der Waals surface area contributed by atoms with Crippen molar-refractivity contribution in [1.82, 2.24) is 10.3 Å². The van der Waals surface area contributed by atoms with Crippen LogP contribution in [0.15, 0.2) is 18.3 Å². The molecule has 0 saturated carbocycles. The van der Waals surface area contributed by atoms with Gasteiger partial charge in [0.15, 0.2) is 5.69 Å². The number of aliphatic carboxylic acids is 1. The predicted octanol–water partition coefficient (Wildman–Crippen LogP) is -1.27. The first kappa shape index (κ1) is 14.9. The molecule has 1 unspecified atom stereocenters. The first-order chi connectivity index (χ1) is 8.70. The van der Waals surface area contributed by atoms with Crippen molar-refractivity contribution >= 4 is 27.7 Å². The number of hydrogen-bond acceptors (Lipinski definition) is 6. The van der Waals surface area contributed by atoms with Crippen molar-refractivity contribution in [3.8, 4) is 0 Å². The molecule has 9 nitrogen and oxygen atoms in total. The van der Waals surface area contributed by atoms with Gasteiger partial charge < -0.3 is 16.2 Å². The summed E-state index contributed by atoms with van der Waals surface area (Å²) < 4.78 is 29.9. The lowest BCUT2D eigenvalue weighted by Crippen LogP contribution is -2.45. The fraction of sp³-hybridized carbons (Fsp3) is 0.222. The minimum Gasteiger partial charge on any atom is -0.480 e. The van der Waals surface area contributed by atoms with Crippen LogP contribution in [-0.2, 0) is 14.9 Å². The number of carbonyl (C=O) groups excluding carboxylic acids is 1. The summed E-state index contributed by atoms with van der Waals surface area (Å²) in [5.74, 6) is -3.71. The molecule has 104 valence electrons. The van der Waals surface area contributed by atoms with Crippen LogP contribution in [-0.4, -0.2) is 46.7 Å². The number of carbonyl (C=O) groups is 2. The molecule has 1 heterocycles. The van der Waals surface area contributed by atoms with Crippen molar-refractivity contribution in [1.29, 1.82) is 0 Å². The van der Waals surface area contributed by atoms with Crippen LogP contribution in [0, 0.1) is 0 Å². The molecule has 10 heteroatoms. The summed E-state index contributed by atoms with van der Waals surface area (Å²) in [6.45, 7) is 0. The highest BCUT2D eigenvalue weighted by Gasteiger charge is 2.27. The van der Waals surface area contributed by atoms with Crippen molar-refractivity contribution < 1.29 is 27.7 Å². The summed E-state index contributed by atoms with van der Waals surface area (Å²) in [7, 11) is -4.55. The number of amides is 1. The molecule has 0 saturated heterocycles. The Labute approximate surface area is 108 Å². The van der Waals surface area contributed by atoms with Gasteiger partial charge >= 0.3 is 5.97 Å². The SMILES string of the molecule is Nc1cccnc1C(=O)NC(CS(=O)(=O)O)C(=O)O. The van der Waals surface area contributed by atoms with Gasteiger partial charge in [-0.2, -0.15) is 8.42 Å². The predicted molar refractivity (Wildman–Crippen MR) is 64.0 cm³/mol. The molecular weight excluding hydrogens is 278 g/mol. The van der Waals surface area contributed by atoms with E-state index in [9.17, 15) is 18.0 Å². The summed E-state index contributed by atoms with van der Waals surface area (Å²) in [5.41, 5.74) is 5.24. The lowest BCUT2D eigenvalue weighted by molar-refractivity contribution is -0.138. The number of pyridine rings is 1. The molecule has 0 aromatic carbocycles. The van der Waals surface area contributed by atoms with Gasteiger partial charge in [0, 0.05) is 6.20 Å². The second-order valence-corrected chi connectivity index (χ2v) is 5.05. The van der Waals surface area contributed by atoms with Gasteiger partial charge in [-0.05, 0) is 12.1 Å². The highest BCUT2D eigenvalue weighted by Crippen LogP contribution is 2.07. The fourth-order valence-electron chi connectivity index (χ4n) is 1.22. The third-order valence-electron chi connectivity index (χ3n) is 2.03. The average Bonchev–Trinajstić information content (AvgIpc) is 2.26. The number of rotatable bonds is 5. The van der Waals surface area contributed by atoms with Gasteiger partial charge in [-0.3, -0.25) is 9.35 Å². The number of nitrogens with two attached hydrogens (primary N) is 1. The van der Waals surface area contributed by atoms with Crippen LogP contribution in [0.2, 0.25) is 0 Å². The quantitative estimate of drug-likeness (QED) is 0.488. The number of aromatic nitrogens is 1. The van der Waals surface area contributed by atoms with Crippen molar-refractivity contribution in [3.63, 3.8) is 0 Å². The maximum Gasteiger partial charge on any atom is 0.327 e. The molecule has 0 aliphatic carbocycles. The highest BCUT2D eigenvalue weighted by molar-refractivity contribution is 7.85. The largest absolute Gasteiger partial charge is 0.480 e. The normalized spacial score (nSPS) is 12.7. The van der Waals surface area contributed by atoms with Crippen LogP contribution < -0.4 is 11.1 Å². The Kier molecular flexibility index (Phi) is 4.40. The lowest BCUT2D eigenvalue weighted by atomic mass is 10.2. The smallest absolute Gasteiger partial charge is 0.327 e. The first-order valence-corrected chi connectivity index (χ1v) is 6.51. The van der Waals surface area contributed by atoms with Gasteiger partial charge in [0.25, 0.3) is 16.0 Å². The fourth-order valence-corrected chi connectivity index (χ4v) is 1.87. The minimum absolute atomic E-state index is 0.0102. The van der Waals surface area contributed by atoms with Gasteiger partial charge in [0.05, 0.1) is 5.69 Å². The maximum atomic E-state index is 11.7. The van der Waals surface area contributed by atoms with Gasteiger partial charge in [0.1, 0.15) is 11.8 Å². The third-order valence-corrected chi connectivity index (χ3v) is 2.79. The van der Waals surface area contributed by atoms with E-state index in [1.165, 1.54) is 18.3 Å². The minimum atomic E-state index is -4.55. The molecule has 5 N–H and O–H groups in total. The van der Waals surface area contributed by atoms with Crippen LogP contribution in [0.5, 0.6) is 0 Å². The van der Waals surface area contributed by atoms with Crippen LogP contribution in [0.25, 0.3) is 0 Å². The summed E-state index contributed by atoms with van der Waals surface area (Å²) in [5, 5.41) is 10.7. The van der Waals surface area contributed by atoms with Crippen molar-refractivity contribution in [2.24, 2.45) is 0 Å². The monoisotopic (exact) mass is 289 g/mol. The van der Waals surface area contributed by atoms with Crippen LogP contribution in [0.4, 0.5) is 5.69 Å². The van der Waals surface area contributed by atoms with E-state index in [1.54, 1.807) is 0 Å². The van der Waals surface area contributed by atoms with E-state index in [2.05, 4.69) is 4.98 Å². The van der Waals surface area contributed by atoms with Gasteiger partial charge in [-0.25, -0.2) is 9.78 Å². The van der Waals surface area contributed by atoms with E-state index >= 15 is 0 Å². The van der Waals surface area contributed by atoms with E-state index in [0.717, 1.165) is 0 Å². The van der Waals surface area contributed by atoms with Crippen molar-refractivity contribution in [2.75, 3.05) is 11.5 Å². The number of nitrogens with one attached hydrogen (secondary N) is 1. The molecule has 0 spiro atoms. The topological polar surface area (TPSA) is 160 Å². The highest BCUT2D eigenvalue weighted by atomic mass is 32.2. The van der Waals surface area contributed by atoms with Gasteiger partial charge in [-0.1, -0.05) is 0 Å². The Morgan fingerprint density at radius 3 is 2.58 bits per heavy atom. The molecule has 0 fully saturated rings. The molecule has 0 aliphatic rings. The van der Waals surface area contributed by atoms with Crippen molar-refractivity contribution in [3.05, 3.63) is 24.0 Å². The Hall–Kier alpha value is -2.20. The Balaban J connectivity index is 2.89. The summed E-state index contributed by atoms with van der Waals surface area (Å²) in [6, 6.07) is 1.04. The molecule has 0 bridgehead atoms. The van der Waals surface area contributed by atoms with E-state index in [1.807, 2.05) is 5.32 Å². The Bertz CT molecular complexity index is 600. The summed E-state index contributed by atoms with van der Waals surface area (Å²) in [6.07, 6.45) is 1.27. The molecule has 0 aliphatic heterocycles. The third kappa shape index (κ3) is 4.52. The molecule has 1 rings (SSSR count). The van der Waals surface area contributed by atoms with Crippen LogP contribution in [0.1, 0.15) is 10.5 Å². The average molecular weight is 289 g/mol. The zero-order valence-electron chi connectivity index (χ0n) is 9.48. The van der Waals surface area contributed by atoms with Crippen LogP contribution in [0.3, 0.4) is 0 Å². The molecule has 0 radical (unpaired) electrons. The van der Waals surface area contributed by atoms with E-state index in [0.29, 0.717) is 0 Å². The van der Waals surface area contributed by atoms with Crippen molar-refractivity contribution in [2.45, 2.75) is 6.04 Å². The van der Waals surface area contributed by atoms with E-state index < -0.39 is 33.8 Å². The lowest BCUT2D eigenvalue weighted by Gasteiger charge is -2.13.